The van der Waals surface area contributed by atoms with Crippen molar-refractivity contribution in [1.82, 2.24) is 13.8 Å². The topological polar surface area (TPSA) is 21.7 Å². The highest BCUT2D eigenvalue weighted by Gasteiger charge is 2.23. The predicted molar refractivity (Wildman–Crippen MR) is 190 cm³/mol. The van der Waals surface area contributed by atoms with E-state index in [1.807, 2.05) is 0 Å². The highest BCUT2D eigenvalue weighted by Crippen LogP contribution is 2.43. The van der Waals surface area contributed by atoms with Crippen molar-refractivity contribution in [2.24, 2.45) is 0 Å². The average Bonchev–Trinajstić information content (AvgIpc) is 3.71. The van der Waals surface area contributed by atoms with Gasteiger partial charge in [-0.1, -0.05) is 111 Å². The Balaban J connectivity index is 1.40. The Morgan fingerprint density at radius 2 is 1.16 bits per heavy atom. The summed E-state index contributed by atoms with van der Waals surface area (Å²) in [4.78, 5) is 5.32. The number of imidazole rings is 2. The van der Waals surface area contributed by atoms with Crippen molar-refractivity contribution in [3.63, 3.8) is 0 Å². The van der Waals surface area contributed by atoms with Gasteiger partial charge < -0.3 is 0 Å². The summed E-state index contributed by atoms with van der Waals surface area (Å²) < 4.78 is 4.78. The largest absolute Gasteiger partial charge is 0.277 e. The number of benzene rings is 7. The minimum absolute atomic E-state index is 0.429. The summed E-state index contributed by atoms with van der Waals surface area (Å²) in [7, 11) is 0. The van der Waals surface area contributed by atoms with Gasteiger partial charge in [0.15, 0.2) is 0 Å². The second-order valence-corrected chi connectivity index (χ2v) is 12.7. The number of hydrogen-bond donors (Lipinski definition) is 0. The zero-order chi connectivity index (χ0) is 29.8. The molecule has 10 rings (SSSR count). The van der Waals surface area contributed by atoms with Crippen LogP contribution in [0.1, 0.15) is 25.3 Å². The van der Waals surface area contributed by atoms with Crippen LogP contribution >= 0.6 is 0 Å². The fraction of sp³-hybridized carbons (Fsp3) is 0.0714. The van der Waals surface area contributed by atoms with Crippen LogP contribution in [0.5, 0.6) is 0 Å². The van der Waals surface area contributed by atoms with Gasteiger partial charge in [0.05, 0.1) is 27.6 Å². The van der Waals surface area contributed by atoms with Crippen molar-refractivity contribution in [3.05, 3.63) is 139 Å². The summed E-state index contributed by atoms with van der Waals surface area (Å²) in [6.07, 6.45) is 0. The van der Waals surface area contributed by atoms with Crippen LogP contribution in [0.15, 0.2) is 133 Å². The molecular formula is C42H29N3. The molecule has 0 aliphatic carbocycles. The molecule has 0 atom stereocenters. The Hall–Kier alpha value is -5.67. The lowest BCUT2D eigenvalue weighted by atomic mass is 9.89. The van der Waals surface area contributed by atoms with E-state index in [0.717, 1.165) is 16.8 Å². The van der Waals surface area contributed by atoms with Crippen LogP contribution in [0, 0.1) is 0 Å². The zero-order valence-corrected chi connectivity index (χ0v) is 25.1. The summed E-state index contributed by atoms with van der Waals surface area (Å²) in [5.74, 6) is 1.39. The van der Waals surface area contributed by atoms with Gasteiger partial charge in [0.1, 0.15) is 0 Å². The van der Waals surface area contributed by atoms with Crippen molar-refractivity contribution in [2.45, 2.75) is 19.8 Å². The van der Waals surface area contributed by atoms with Gasteiger partial charge in [-0.2, -0.15) is 0 Å². The molecule has 0 aliphatic heterocycles. The molecule has 0 fully saturated rings. The summed E-state index contributed by atoms with van der Waals surface area (Å²) in [6.45, 7) is 4.55. The fourth-order valence-electron chi connectivity index (χ4n) is 7.51. The van der Waals surface area contributed by atoms with Crippen LogP contribution in [-0.4, -0.2) is 13.8 Å². The highest BCUT2D eigenvalue weighted by atomic mass is 15.2. The van der Waals surface area contributed by atoms with Crippen molar-refractivity contribution in [2.75, 3.05) is 0 Å². The molecule has 0 spiro atoms. The summed E-state index contributed by atoms with van der Waals surface area (Å²) >= 11 is 0. The molecule has 3 heteroatoms. The molecule has 3 nitrogen and oxygen atoms in total. The summed E-state index contributed by atoms with van der Waals surface area (Å²) in [5, 5.41) is 7.45. The molecule has 7 aromatic carbocycles. The lowest BCUT2D eigenvalue weighted by Gasteiger charge is -2.15. The van der Waals surface area contributed by atoms with E-state index in [9.17, 15) is 0 Å². The first-order chi connectivity index (χ1) is 22.1. The summed E-state index contributed by atoms with van der Waals surface area (Å²) in [5.41, 5.74) is 12.1. The summed E-state index contributed by atoms with van der Waals surface area (Å²) in [6, 6.07) is 49.1. The number of hydrogen-bond acceptors (Lipinski definition) is 1. The van der Waals surface area contributed by atoms with Crippen molar-refractivity contribution in [1.29, 1.82) is 0 Å². The third-order valence-corrected chi connectivity index (χ3v) is 9.76. The molecule has 0 saturated heterocycles. The first kappa shape index (κ1) is 24.7. The molecule has 45 heavy (non-hydrogen) atoms. The fourth-order valence-corrected chi connectivity index (χ4v) is 7.51. The second kappa shape index (κ2) is 8.93. The molecular weight excluding hydrogens is 546 g/mol. The third kappa shape index (κ3) is 3.44. The number of aromatic nitrogens is 3. The lowest BCUT2D eigenvalue weighted by molar-refractivity contribution is 0.867. The van der Waals surface area contributed by atoms with Crippen LogP contribution in [0.25, 0.3) is 87.9 Å². The lowest BCUT2D eigenvalue weighted by Crippen LogP contribution is -1.92. The van der Waals surface area contributed by atoms with E-state index in [1.165, 1.54) is 76.7 Å². The molecule has 0 bridgehead atoms. The van der Waals surface area contributed by atoms with E-state index < -0.39 is 0 Å². The van der Waals surface area contributed by atoms with E-state index in [0.29, 0.717) is 5.92 Å². The number of rotatable bonds is 3. The molecule has 0 radical (unpaired) electrons. The smallest absolute Gasteiger partial charge is 0.220 e. The predicted octanol–water partition coefficient (Wildman–Crippen LogP) is 11.2. The maximum atomic E-state index is 5.32. The monoisotopic (exact) mass is 575 g/mol. The zero-order valence-electron chi connectivity index (χ0n) is 25.1. The number of nitrogens with zero attached hydrogens (tertiary/aromatic N) is 3. The van der Waals surface area contributed by atoms with Gasteiger partial charge in [-0.15, -0.1) is 0 Å². The van der Waals surface area contributed by atoms with Crippen molar-refractivity contribution in [3.8, 4) is 22.3 Å². The highest BCUT2D eigenvalue weighted by molar-refractivity contribution is 6.20. The van der Waals surface area contributed by atoms with E-state index in [2.05, 4.69) is 156 Å². The first-order valence-electron chi connectivity index (χ1n) is 15.7. The quantitative estimate of drug-likeness (QED) is 0.205. The Morgan fingerprint density at radius 3 is 1.89 bits per heavy atom. The Labute approximate surface area is 259 Å². The van der Waals surface area contributed by atoms with Crippen molar-refractivity contribution < 1.29 is 0 Å². The van der Waals surface area contributed by atoms with E-state index in [4.69, 9.17) is 4.98 Å². The maximum absolute atomic E-state index is 5.32. The van der Waals surface area contributed by atoms with Gasteiger partial charge in [-0.25, -0.2) is 4.98 Å². The Kier molecular flexibility index (Phi) is 4.91. The molecule has 0 aliphatic rings. The van der Waals surface area contributed by atoms with Gasteiger partial charge in [-0.05, 0) is 91.7 Å². The van der Waals surface area contributed by atoms with Gasteiger partial charge in [0.2, 0.25) is 5.78 Å². The molecule has 3 aromatic heterocycles. The molecule has 0 saturated carbocycles. The second-order valence-electron chi connectivity index (χ2n) is 12.7. The molecule has 3 heterocycles. The molecule has 212 valence electrons. The molecule has 0 unspecified atom stereocenters. The normalized spacial score (nSPS) is 12.4. The minimum atomic E-state index is 0.429. The van der Waals surface area contributed by atoms with Gasteiger partial charge in [0, 0.05) is 10.8 Å². The van der Waals surface area contributed by atoms with Gasteiger partial charge in [-0.3, -0.25) is 8.80 Å². The average molecular weight is 576 g/mol. The van der Waals surface area contributed by atoms with E-state index >= 15 is 0 Å². The Bertz CT molecular complexity index is 2780. The minimum Gasteiger partial charge on any atom is -0.277 e. The number of fused-ring (bicyclic) bond motifs is 10. The Morgan fingerprint density at radius 1 is 0.489 bits per heavy atom. The van der Waals surface area contributed by atoms with Crippen LogP contribution in [0.3, 0.4) is 0 Å². The molecule has 0 N–H and O–H groups in total. The first-order valence-corrected chi connectivity index (χ1v) is 15.7. The SMILES string of the molecule is CC(C)c1ccc(-c2ccccc2)c(-c2cc3c4cc5ccccc5cc4n4c3c(c2)n2c3cc5ccccc5cc3nc24)c1. The molecule has 0 amide bonds. The molecule has 10 aromatic rings. The van der Waals surface area contributed by atoms with Gasteiger partial charge in [0.25, 0.3) is 0 Å². The van der Waals surface area contributed by atoms with Crippen LogP contribution in [0.2, 0.25) is 0 Å². The van der Waals surface area contributed by atoms with Crippen LogP contribution in [0.4, 0.5) is 0 Å². The van der Waals surface area contributed by atoms with Crippen molar-refractivity contribution >= 4 is 65.7 Å². The van der Waals surface area contributed by atoms with Gasteiger partial charge >= 0.3 is 0 Å². The van der Waals surface area contributed by atoms with Crippen LogP contribution in [-0.2, 0) is 0 Å². The standard InChI is InChI=1S/C42H29N3/c1-25(2)27-16-17-33(26-10-4-3-5-11-26)34(18-27)32-20-36-35-19-28-12-6-8-14-30(28)22-38(35)45-41(36)40(24-32)44-39-23-31-15-9-7-13-29(31)21-37(39)43-42(44)45/h3-25H,1-2H3. The van der Waals surface area contributed by atoms with Crippen LogP contribution < -0.4 is 0 Å². The van der Waals surface area contributed by atoms with E-state index in [-0.39, 0.29) is 0 Å². The van der Waals surface area contributed by atoms with E-state index in [1.54, 1.807) is 0 Å². The third-order valence-electron chi connectivity index (χ3n) is 9.76. The maximum Gasteiger partial charge on any atom is 0.220 e.